The summed E-state index contributed by atoms with van der Waals surface area (Å²) in [4.78, 5) is 10.6. The van der Waals surface area contributed by atoms with Crippen LogP contribution < -0.4 is 5.32 Å². The van der Waals surface area contributed by atoms with Gasteiger partial charge in [0.1, 0.15) is 17.5 Å². The molecule has 0 unspecified atom stereocenters. The summed E-state index contributed by atoms with van der Waals surface area (Å²) in [6, 6.07) is 8.40. The summed E-state index contributed by atoms with van der Waals surface area (Å²) < 4.78 is 5.22. The molecule has 6 heteroatoms. The zero-order valence-corrected chi connectivity index (χ0v) is 11.1. The highest BCUT2D eigenvalue weighted by Gasteiger charge is 2.15. The molecule has 2 aromatic rings. The van der Waals surface area contributed by atoms with Gasteiger partial charge in [0.15, 0.2) is 0 Å². The number of furan rings is 1. The first-order valence-electron chi connectivity index (χ1n) is 5.99. The number of nitrogens with one attached hydrogen (secondary N) is 1. The molecule has 1 aromatic carbocycles. The Labute approximate surface area is 115 Å². The first kappa shape index (κ1) is 13.6. The molecule has 102 valence electrons. The Morgan fingerprint density at radius 3 is 2.65 bits per heavy atom. The molecule has 6 nitrogen and oxygen atoms in total. The van der Waals surface area contributed by atoms with Crippen LogP contribution in [-0.2, 0) is 6.54 Å². The SMILES string of the molecule is Cc1cc(NCc2ccc(C#N)o2)c([N+](=O)[O-])cc1C. The summed E-state index contributed by atoms with van der Waals surface area (Å²) >= 11 is 0. The van der Waals surface area contributed by atoms with Crippen LogP contribution >= 0.6 is 0 Å². The second-order valence-corrected chi connectivity index (χ2v) is 4.44. The van der Waals surface area contributed by atoms with E-state index in [-0.39, 0.29) is 18.0 Å². The average Bonchev–Trinajstić information content (AvgIpc) is 2.87. The van der Waals surface area contributed by atoms with E-state index in [2.05, 4.69) is 5.32 Å². The molecule has 0 saturated heterocycles. The molecule has 2 rings (SSSR count). The summed E-state index contributed by atoms with van der Waals surface area (Å²) in [5.74, 6) is 0.769. The van der Waals surface area contributed by atoms with Crippen molar-refractivity contribution in [2.45, 2.75) is 20.4 Å². The van der Waals surface area contributed by atoms with Gasteiger partial charge >= 0.3 is 0 Å². The molecular formula is C14H13N3O3. The largest absolute Gasteiger partial charge is 0.449 e. The third-order valence-corrected chi connectivity index (χ3v) is 3.03. The van der Waals surface area contributed by atoms with Gasteiger partial charge in [-0.3, -0.25) is 10.1 Å². The number of anilines is 1. The van der Waals surface area contributed by atoms with E-state index in [9.17, 15) is 10.1 Å². The summed E-state index contributed by atoms with van der Waals surface area (Å²) in [7, 11) is 0. The van der Waals surface area contributed by atoms with E-state index < -0.39 is 4.92 Å². The topological polar surface area (TPSA) is 92.1 Å². The number of benzene rings is 1. The maximum absolute atomic E-state index is 11.0. The standard InChI is InChI=1S/C14H13N3O3/c1-9-5-13(14(17(18)19)6-10(9)2)16-8-12-4-3-11(7-15)20-12/h3-6,16H,8H2,1-2H3. The number of nitro benzene ring substituents is 1. The van der Waals surface area contributed by atoms with Crippen molar-refractivity contribution in [2.24, 2.45) is 0 Å². The van der Waals surface area contributed by atoms with Crippen molar-refractivity contribution in [1.82, 2.24) is 0 Å². The second kappa shape index (κ2) is 5.45. The molecule has 0 fully saturated rings. The molecule has 0 amide bonds. The lowest BCUT2D eigenvalue weighted by Gasteiger charge is -2.08. The first-order chi connectivity index (χ1) is 9.51. The summed E-state index contributed by atoms with van der Waals surface area (Å²) in [5, 5.41) is 22.7. The molecule has 0 aliphatic carbocycles. The number of hydrogen-bond donors (Lipinski definition) is 1. The Balaban J connectivity index is 2.22. The first-order valence-corrected chi connectivity index (χ1v) is 5.99. The molecule has 0 bridgehead atoms. The van der Waals surface area contributed by atoms with E-state index >= 15 is 0 Å². The Bertz CT molecular complexity index is 698. The number of rotatable bonds is 4. The fraction of sp³-hybridized carbons (Fsp3) is 0.214. The molecule has 1 heterocycles. The van der Waals surface area contributed by atoms with Crippen molar-refractivity contribution >= 4 is 11.4 Å². The number of aryl methyl sites for hydroxylation is 2. The third-order valence-electron chi connectivity index (χ3n) is 3.03. The quantitative estimate of drug-likeness (QED) is 0.680. The van der Waals surface area contributed by atoms with Gasteiger partial charge in [0.25, 0.3) is 5.69 Å². The molecule has 20 heavy (non-hydrogen) atoms. The maximum atomic E-state index is 11.0. The fourth-order valence-electron chi connectivity index (χ4n) is 1.81. The zero-order chi connectivity index (χ0) is 14.7. The van der Waals surface area contributed by atoms with Crippen molar-refractivity contribution in [1.29, 1.82) is 5.26 Å². The maximum Gasteiger partial charge on any atom is 0.292 e. The van der Waals surface area contributed by atoms with Crippen molar-refractivity contribution in [2.75, 3.05) is 5.32 Å². The van der Waals surface area contributed by atoms with Gasteiger partial charge in [0.2, 0.25) is 5.76 Å². The second-order valence-electron chi connectivity index (χ2n) is 4.44. The van der Waals surface area contributed by atoms with Crippen LogP contribution in [0.5, 0.6) is 0 Å². The number of nitro groups is 1. The van der Waals surface area contributed by atoms with Crippen LogP contribution in [0.4, 0.5) is 11.4 Å². The Morgan fingerprint density at radius 1 is 1.35 bits per heavy atom. The Morgan fingerprint density at radius 2 is 2.05 bits per heavy atom. The molecule has 1 N–H and O–H groups in total. The zero-order valence-electron chi connectivity index (χ0n) is 11.1. The predicted molar refractivity (Wildman–Crippen MR) is 73.3 cm³/mol. The van der Waals surface area contributed by atoms with Gasteiger partial charge in [-0.05, 0) is 43.2 Å². The summed E-state index contributed by atoms with van der Waals surface area (Å²) in [6.45, 7) is 4.01. The van der Waals surface area contributed by atoms with E-state index in [0.717, 1.165) is 11.1 Å². The van der Waals surface area contributed by atoms with Gasteiger partial charge in [-0.1, -0.05) is 0 Å². The van der Waals surface area contributed by atoms with Crippen LogP contribution in [0.25, 0.3) is 0 Å². The smallest absolute Gasteiger partial charge is 0.292 e. The highest BCUT2D eigenvalue weighted by atomic mass is 16.6. The fourth-order valence-corrected chi connectivity index (χ4v) is 1.81. The summed E-state index contributed by atoms with van der Waals surface area (Å²) in [6.07, 6.45) is 0. The van der Waals surface area contributed by atoms with Crippen LogP contribution in [0.3, 0.4) is 0 Å². The molecule has 0 saturated carbocycles. The molecule has 0 aliphatic rings. The number of hydrogen-bond acceptors (Lipinski definition) is 5. The lowest BCUT2D eigenvalue weighted by molar-refractivity contribution is -0.384. The van der Waals surface area contributed by atoms with Crippen LogP contribution in [0, 0.1) is 35.3 Å². The number of nitriles is 1. The molecule has 0 atom stereocenters. The minimum atomic E-state index is -0.419. The highest BCUT2D eigenvalue weighted by molar-refractivity contribution is 5.64. The molecular weight excluding hydrogens is 258 g/mol. The number of nitrogens with zero attached hydrogens (tertiary/aromatic N) is 2. The van der Waals surface area contributed by atoms with Crippen molar-refractivity contribution in [3.05, 3.63) is 57.0 Å². The van der Waals surface area contributed by atoms with Gasteiger partial charge < -0.3 is 9.73 Å². The monoisotopic (exact) mass is 271 g/mol. The molecule has 0 radical (unpaired) electrons. The molecule has 1 aromatic heterocycles. The minimum absolute atomic E-state index is 0.0279. The van der Waals surface area contributed by atoms with Crippen molar-refractivity contribution in [3.8, 4) is 6.07 Å². The van der Waals surface area contributed by atoms with E-state index in [1.165, 1.54) is 0 Å². The van der Waals surface area contributed by atoms with Crippen LogP contribution in [-0.4, -0.2) is 4.92 Å². The normalized spacial score (nSPS) is 10.1. The lowest BCUT2D eigenvalue weighted by Crippen LogP contribution is -2.03. The van der Waals surface area contributed by atoms with Gasteiger partial charge in [-0.2, -0.15) is 5.26 Å². The Hall–Kier alpha value is -2.81. The van der Waals surface area contributed by atoms with E-state index in [4.69, 9.17) is 9.68 Å². The van der Waals surface area contributed by atoms with E-state index in [1.54, 1.807) is 24.3 Å². The third kappa shape index (κ3) is 2.78. The van der Waals surface area contributed by atoms with Crippen LogP contribution in [0.1, 0.15) is 22.6 Å². The molecule has 0 aliphatic heterocycles. The van der Waals surface area contributed by atoms with Gasteiger partial charge in [0.05, 0.1) is 11.5 Å². The van der Waals surface area contributed by atoms with Gasteiger partial charge in [-0.25, -0.2) is 0 Å². The highest BCUT2D eigenvalue weighted by Crippen LogP contribution is 2.28. The van der Waals surface area contributed by atoms with E-state index in [1.807, 2.05) is 19.9 Å². The van der Waals surface area contributed by atoms with Gasteiger partial charge in [0, 0.05) is 6.07 Å². The van der Waals surface area contributed by atoms with Crippen molar-refractivity contribution in [3.63, 3.8) is 0 Å². The van der Waals surface area contributed by atoms with E-state index in [0.29, 0.717) is 11.4 Å². The van der Waals surface area contributed by atoms with Gasteiger partial charge in [-0.15, -0.1) is 0 Å². The van der Waals surface area contributed by atoms with Crippen LogP contribution in [0.15, 0.2) is 28.7 Å². The molecule has 0 spiro atoms. The van der Waals surface area contributed by atoms with Crippen molar-refractivity contribution < 1.29 is 9.34 Å². The average molecular weight is 271 g/mol. The lowest BCUT2D eigenvalue weighted by atomic mass is 10.1. The minimum Gasteiger partial charge on any atom is -0.449 e. The summed E-state index contributed by atoms with van der Waals surface area (Å²) in [5.41, 5.74) is 2.30. The van der Waals surface area contributed by atoms with Crippen LogP contribution in [0.2, 0.25) is 0 Å². The Kier molecular flexibility index (Phi) is 3.71. The predicted octanol–water partition coefficient (Wildman–Crippen LogP) is 3.29.